The van der Waals surface area contributed by atoms with Crippen molar-refractivity contribution < 1.29 is 18.3 Å². The summed E-state index contributed by atoms with van der Waals surface area (Å²) in [6.07, 6.45) is 1.34. The van der Waals surface area contributed by atoms with E-state index in [2.05, 4.69) is 9.97 Å². The molecule has 6 nitrogen and oxygen atoms in total. The Morgan fingerprint density at radius 2 is 1.82 bits per heavy atom. The van der Waals surface area contributed by atoms with Crippen LogP contribution < -0.4 is 4.90 Å². The fraction of sp³-hybridized carbons (Fsp3) is 0.526. The molecule has 28 heavy (non-hydrogen) atoms. The van der Waals surface area contributed by atoms with E-state index in [1.54, 1.807) is 4.90 Å². The van der Waals surface area contributed by atoms with Gasteiger partial charge >= 0.3 is 6.09 Å². The number of halogens is 3. The van der Waals surface area contributed by atoms with Crippen molar-refractivity contribution in [2.75, 3.05) is 18.0 Å². The molecule has 9 heteroatoms. The predicted octanol–water partition coefficient (Wildman–Crippen LogP) is 4.15. The molecule has 0 aliphatic carbocycles. The molecule has 0 saturated carbocycles. The number of anilines is 1. The smallest absolute Gasteiger partial charge is 0.410 e. The van der Waals surface area contributed by atoms with Gasteiger partial charge in [0.25, 0.3) is 0 Å². The molecule has 0 spiro atoms. The maximum absolute atomic E-state index is 14.2. The van der Waals surface area contributed by atoms with Crippen LogP contribution in [0.2, 0.25) is 5.28 Å². The summed E-state index contributed by atoms with van der Waals surface area (Å²) < 4.78 is 33.6. The van der Waals surface area contributed by atoms with Crippen LogP contribution >= 0.6 is 11.6 Å². The lowest BCUT2D eigenvalue weighted by molar-refractivity contribution is 0.0123. The number of rotatable bonds is 1. The third kappa shape index (κ3) is 3.45. The molecule has 3 heterocycles. The second kappa shape index (κ2) is 6.69. The van der Waals surface area contributed by atoms with E-state index in [0.29, 0.717) is 18.9 Å². The maximum Gasteiger partial charge on any atom is 0.410 e. The van der Waals surface area contributed by atoms with Gasteiger partial charge < -0.3 is 9.64 Å². The Kier molecular flexibility index (Phi) is 4.56. The second-order valence-corrected chi connectivity index (χ2v) is 8.62. The predicted molar refractivity (Wildman–Crippen MR) is 102 cm³/mol. The first kappa shape index (κ1) is 19.1. The average Bonchev–Trinajstić information content (AvgIpc) is 2.84. The van der Waals surface area contributed by atoms with E-state index in [9.17, 15) is 13.6 Å². The van der Waals surface area contributed by atoms with Gasteiger partial charge in [-0.1, -0.05) is 0 Å². The molecule has 2 bridgehead atoms. The number of ether oxygens (including phenoxy) is 1. The number of piperazine rings is 1. The molecular weight excluding hydrogens is 390 g/mol. The first-order chi connectivity index (χ1) is 13.1. The molecule has 0 radical (unpaired) electrons. The zero-order valence-corrected chi connectivity index (χ0v) is 16.6. The number of carbonyl (C=O) groups is 1. The van der Waals surface area contributed by atoms with Crippen LogP contribution in [0, 0.1) is 11.6 Å². The van der Waals surface area contributed by atoms with Crippen molar-refractivity contribution in [2.45, 2.75) is 51.3 Å². The van der Waals surface area contributed by atoms with E-state index >= 15 is 0 Å². The normalized spacial score (nSPS) is 22.1. The molecule has 1 aromatic carbocycles. The lowest BCUT2D eigenvalue weighted by Crippen LogP contribution is -2.57. The van der Waals surface area contributed by atoms with Crippen molar-refractivity contribution in [3.8, 4) is 0 Å². The standard InChI is InChI=1S/C19H21ClF2N4O2/c1-19(2,3)28-18(27)26-11-4-5-12(26)9-25(8-11)16-13-6-10(21)7-14(22)15(13)23-17(20)24-16/h6-7,11-12H,4-5,8-9H2,1-3H3. The van der Waals surface area contributed by atoms with Gasteiger partial charge in [-0.15, -0.1) is 0 Å². The van der Waals surface area contributed by atoms with Crippen molar-refractivity contribution >= 4 is 34.4 Å². The number of benzene rings is 1. The van der Waals surface area contributed by atoms with Crippen LogP contribution in [-0.4, -0.2) is 51.7 Å². The van der Waals surface area contributed by atoms with Gasteiger partial charge in [0.05, 0.1) is 12.1 Å². The monoisotopic (exact) mass is 410 g/mol. The Hall–Kier alpha value is -2.22. The summed E-state index contributed by atoms with van der Waals surface area (Å²) in [5, 5.41) is 0.168. The van der Waals surface area contributed by atoms with Gasteiger partial charge in [-0.25, -0.2) is 18.6 Å². The van der Waals surface area contributed by atoms with Crippen molar-refractivity contribution in [1.82, 2.24) is 14.9 Å². The number of fused-ring (bicyclic) bond motifs is 3. The molecule has 1 amide bonds. The van der Waals surface area contributed by atoms with Crippen LogP contribution in [0.3, 0.4) is 0 Å². The maximum atomic E-state index is 14.2. The highest BCUT2D eigenvalue weighted by molar-refractivity contribution is 6.28. The topological polar surface area (TPSA) is 58.6 Å². The molecule has 1 aromatic heterocycles. The van der Waals surface area contributed by atoms with E-state index in [-0.39, 0.29) is 34.4 Å². The molecular formula is C19H21ClF2N4O2. The summed E-state index contributed by atoms with van der Waals surface area (Å²) >= 11 is 6.00. The first-order valence-electron chi connectivity index (χ1n) is 9.21. The Bertz CT molecular complexity index is 936. The first-order valence-corrected chi connectivity index (χ1v) is 9.59. The van der Waals surface area contributed by atoms with Crippen LogP contribution in [-0.2, 0) is 4.74 Å². The molecule has 2 unspecified atom stereocenters. The number of hydrogen-bond donors (Lipinski definition) is 0. The minimum Gasteiger partial charge on any atom is -0.444 e. The van der Waals surface area contributed by atoms with Crippen LogP contribution in [0.4, 0.5) is 19.4 Å². The number of hydrogen-bond acceptors (Lipinski definition) is 5. The highest BCUT2D eigenvalue weighted by atomic mass is 35.5. The van der Waals surface area contributed by atoms with E-state index in [1.165, 1.54) is 6.07 Å². The zero-order valence-electron chi connectivity index (χ0n) is 15.9. The summed E-state index contributed by atoms with van der Waals surface area (Å²) in [6, 6.07) is 1.87. The van der Waals surface area contributed by atoms with Gasteiger partial charge in [-0.05, 0) is 51.3 Å². The zero-order chi connectivity index (χ0) is 20.2. The summed E-state index contributed by atoms with van der Waals surface area (Å²) in [7, 11) is 0. The molecule has 2 atom stereocenters. The summed E-state index contributed by atoms with van der Waals surface area (Å²) in [4.78, 5) is 24.5. The van der Waals surface area contributed by atoms with Crippen LogP contribution in [0.5, 0.6) is 0 Å². The highest BCUT2D eigenvalue weighted by Gasteiger charge is 2.45. The number of nitrogens with zero attached hydrogens (tertiary/aromatic N) is 4. The van der Waals surface area contributed by atoms with Crippen molar-refractivity contribution in [2.24, 2.45) is 0 Å². The number of carbonyl (C=O) groups excluding carboxylic acids is 1. The number of aromatic nitrogens is 2. The Morgan fingerprint density at radius 1 is 1.18 bits per heavy atom. The fourth-order valence-electron chi connectivity index (χ4n) is 4.04. The van der Waals surface area contributed by atoms with Crippen molar-refractivity contribution in [1.29, 1.82) is 0 Å². The molecule has 150 valence electrons. The van der Waals surface area contributed by atoms with Gasteiger partial charge in [-0.2, -0.15) is 4.98 Å². The van der Waals surface area contributed by atoms with Gasteiger partial charge in [0.2, 0.25) is 5.28 Å². The van der Waals surface area contributed by atoms with Crippen molar-refractivity contribution in [3.63, 3.8) is 0 Å². The van der Waals surface area contributed by atoms with Gasteiger partial charge in [0, 0.05) is 24.5 Å². The highest BCUT2D eigenvalue weighted by Crippen LogP contribution is 2.36. The summed E-state index contributed by atoms with van der Waals surface area (Å²) in [5.74, 6) is -1.10. The number of amides is 1. The largest absolute Gasteiger partial charge is 0.444 e. The molecule has 4 rings (SSSR count). The van der Waals surface area contributed by atoms with E-state index < -0.39 is 17.2 Å². The minimum absolute atomic E-state index is 0.0154. The molecule has 2 saturated heterocycles. The lowest BCUT2D eigenvalue weighted by atomic mass is 10.1. The van der Waals surface area contributed by atoms with Gasteiger partial charge in [-0.3, -0.25) is 4.90 Å². The SMILES string of the molecule is CC(C)(C)OC(=O)N1C2CCC1CN(c1nc(Cl)nc3c(F)cc(F)cc13)C2. The Labute approximate surface area is 166 Å². The summed E-state index contributed by atoms with van der Waals surface area (Å²) in [5.41, 5.74) is -0.586. The van der Waals surface area contributed by atoms with Crippen LogP contribution in [0.25, 0.3) is 10.9 Å². The van der Waals surface area contributed by atoms with Crippen molar-refractivity contribution in [3.05, 3.63) is 29.1 Å². The lowest BCUT2D eigenvalue weighted by Gasteiger charge is -2.42. The third-order valence-corrected chi connectivity index (χ3v) is 5.23. The quantitative estimate of drug-likeness (QED) is 0.661. The minimum atomic E-state index is -0.782. The van der Waals surface area contributed by atoms with Gasteiger partial charge in [0.1, 0.15) is 22.8 Å². The summed E-state index contributed by atoms with van der Waals surface area (Å²) in [6.45, 7) is 6.47. The fourth-order valence-corrected chi connectivity index (χ4v) is 4.21. The van der Waals surface area contributed by atoms with Crippen LogP contribution in [0.15, 0.2) is 12.1 Å². The molecule has 0 N–H and O–H groups in total. The molecule has 2 aliphatic rings. The molecule has 2 aromatic rings. The van der Waals surface area contributed by atoms with Crippen LogP contribution in [0.1, 0.15) is 33.6 Å². The Balaban J connectivity index is 1.66. The third-order valence-electron chi connectivity index (χ3n) is 5.06. The van der Waals surface area contributed by atoms with E-state index in [4.69, 9.17) is 16.3 Å². The Morgan fingerprint density at radius 3 is 2.43 bits per heavy atom. The second-order valence-electron chi connectivity index (χ2n) is 8.28. The van der Waals surface area contributed by atoms with E-state index in [1.807, 2.05) is 25.7 Å². The average molecular weight is 411 g/mol. The molecule has 2 fully saturated rings. The van der Waals surface area contributed by atoms with Gasteiger partial charge in [0.15, 0.2) is 5.82 Å². The van der Waals surface area contributed by atoms with E-state index in [0.717, 1.165) is 18.9 Å². The molecule has 2 aliphatic heterocycles.